The molecule has 4 nitrogen and oxygen atoms in total. The maximum Gasteiger partial charge on any atom is 0.224 e. The largest absolute Gasteiger partial charge is 0.438 e. The van der Waals surface area contributed by atoms with E-state index in [1.54, 1.807) is 31.3 Å². The predicted octanol–water partition coefficient (Wildman–Crippen LogP) is 4.03. The number of hydrogen-bond acceptors (Lipinski definition) is 4. The summed E-state index contributed by atoms with van der Waals surface area (Å²) < 4.78 is 6.47. The van der Waals surface area contributed by atoms with E-state index in [4.69, 9.17) is 16.3 Å². The van der Waals surface area contributed by atoms with Crippen LogP contribution in [0.25, 0.3) is 0 Å². The summed E-state index contributed by atoms with van der Waals surface area (Å²) in [5.41, 5.74) is 0. The highest BCUT2D eigenvalue weighted by Crippen LogP contribution is 2.31. The van der Waals surface area contributed by atoms with E-state index in [9.17, 15) is 0 Å². The van der Waals surface area contributed by atoms with E-state index in [1.807, 2.05) is 6.92 Å². The first kappa shape index (κ1) is 13.1. The fourth-order valence-electron chi connectivity index (χ4n) is 1.39. The summed E-state index contributed by atoms with van der Waals surface area (Å²) in [6, 6.07) is 7.04. The Hall–Kier alpha value is -1.33. The molecule has 1 aromatic carbocycles. The highest BCUT2D eigenvalue weighted by molar-refractivity contribution is 9.10. The first-order valence-corrected chi connectivity index (χ1v) is 6.42. The van der Waals surface area contributed by atoms with Crippen molar-refractivity contribution in [1.29, 1.82) is 0 Å². The molecule has 2 aromatic rings. The van der Waals surface area contributed by atoms with E-state index >= 15 is 0 Å². The van der Waals surface area contributed by atoms with Gasteiger partial charge in [-0.3, -0.25) is 0 Å². The van der Waals surface area contributed by atoms with Gasteiger partial charge in [-0.15, -0.1) is 0 Å². The monoisotopic (exact) mass is 327 g/mol. The lowest BCUT2D eigenvalue weighted by atomic mass is 10.3. The highest BCUT2D eigenvalue weighted by atomic mass is 79.9. The minimum absolute atomic E-state index is 0.481. The average Bonchev–Trinajstić information content (AvgIpc) is 2.32. The van der Waals surface area contributed by atoms with Gasteiger partial charge < -0.3 is 10.1 Å². The van der Waals surface area contributed by atoms with E-state index in [2.05, 4.69) is 31.2 Å². The lowest BCUT2D eigenvalue weighted by Gasteiger charge is -2.09. The number of benzene rings is 1. The van der Waals surface area contributed by atoms with Crippen molar-refractivity contribution in [3.05, 3.63) is 39.6 Å². The van der Waals surface area contributed by atoms with Gasteiger partial charge in [-0.05, 0) is 41.1 Å². The summed E-state index contributed by atoms with van der Waals surface area (Å²) in [7, 11) is 1.80. The van der Waals surface area contributed by atoms with Gasteiger partial charge in [0.1, 0.15) is 17.4 Å². The molecule has 0 spiro atoms. The molecule has 0 atom stereocenters. The van der Waals surface area contributed by atoms with Crippen molar-refractivity contribution < 1.29 is 4.74 Å². The first-order valence-electron chi connectivity index (χ1n) is 5.25. The van der Waals surface area contributed by atoms with Crippen LogP contribution in [-0.2, 0) is 0 Å². The van der Waals surface area contributed by atoms with Crippen LogP contribution in [0, 0.1) is 6.92 Å². The predicted molar refractivity (Wildman–Crippen MR) is 75.5 cm³/mol. The Morgan fingerprint density at radius 1 is 1.28 bits per heavy atom. The number of nitrogens with zero attached hydrogens (tertiary/aromatic N) is 2. The van der Waals surface area contributed by atoms with Crippen molar-refractivity contribution in [1.82, 2.24) is 9.97 Å². The average molecular weight is 329 g/mol. The number of aromatic nitrogens is 2. The van der Waals surface area contributed by atoms with Crippen LogP contribution in [0.15, 0.2) is 28.7 Å². The molecule has 18 heavy (non-hydrogen) atoms. The Morgan fingerprint density at radius 3 is 2.72 bits per heavy atom. The fraction of sp³-hybridized carbons (Fsp3) is 0.167. The number of hydrogen-bond donors (Lipinski definition) is 1. The molecule has 1 N–H and O–H groups in total. The minimum atomic E-state index is 0.481. The molecule has 0 unspecified atom stereocenters. The van der Waals surface area contributed by atoms with E-state index < -0.39 is 0 Å². The van der Waals surface area contributed by atoms with Gasteiger partial charge in [0.15, 0.2) is 0 Å². The maximum atomic E-state index is 5.87. The molecule has 0 aliphatic carbocycles. The molecule has 6 heteroatoms. The normalized spacial score (nSPS) is 10.2. The second kappa shape index (κ2) is 5.54. The first-order chi connectivity index (χ1) is 8.58. The van der Waals surface area contributed by atoms with Gasteiger partial charge in [-0.25, -0.2) is 4.98 Å². The van der Waals surface area contributed by atoms with Crippen molar-refractivity contribution in [2.24, 2.45) is 0 Å². The summed E-state index contributed by atoms with van der Waals surface area (Å²) >= 11 is 9.26. The number of nitrogens with one attached hydrogen (secondary N) is 1. The third-order valence-electron chi connectivity index (χ3n) is 2.18. The second-order valence-electron chi connectivity index (χ2n) is 3.57. The molecule has 0 bridgehead atoms. The zero-order valence-electron chi connectivity index (χ0n) is 9.87. The Morgan fingerprint density at radius 2 is 2.06 bits per heavy atom. The van der Waals surface area contributed by atoms with Crippen molar-refractivity contribution in [2.45, 2.75) is 6.92 Å². The molecule has 0 amide bonds. The number of anilines is 1. The molecule has 2 rings (SSSR count). The molecular weight excluding hydrogens is 318 g/mol. The molecule has 94 valence electrons. The number of rotatable bonds is 3. The maximum absolute atomic E-state index is 5.87. The zero-order chi connectivity index (χ0) is 13.1. The smallest absolute Gasteiger partial charge is 0.224 e. The summed E-state index contributed by atoms with van der Waals surface area (Å²) in [4.78, 5) is 8.41. The molecule has 0 radical (unpaired) electrons. The highest BCUT2D eigenvalue weighted by Gasteiger charge is 2.06. The van der Waals surface area contributed by atoms with Crippen LogP contribution in [0.1, 0.15) is 5.82 Å². The van der Waals surface area contributed by atoms with Gasteiger partial charge in [0.05, 0.1) is 4.47 Å². The van der Waals surface area contributed by atoms with Crippen molar-refractivity contribution in [3.8, 4) is 11.6 Å². The van der Waals surface area contributed by atoms with Crippen LogP contribution in [0.3, 0.4) is 0 Å². The minimum Gasteiger partial charge on any atom is -0.438 e. The summed E-state index contributed by atoms with van der Waals surface area (Å²) in [5, 5.41) is 3.60. The third-order valence-corrected chi connectivity index (χ3v) is 3.03. The van der Waals surface area contributed by atoms with Gasteiger partial charge >= 0.3 is 0 Å². The van der Waals surface area contributed by atoms with Crippen LogP contribution in [-0.4, -0.2) is 17.0 Å². The van der Waals surface area contributed by atoms with Gasteiger partial charge in [0.25, 0.3) is 0 Å². The van der Waals surface area contributed by atoms with Crippen LogP contribution in [0.5, 0.6) is 11.6 Å². The van der Waals surface area contributed by atoms with Gasteiger partial charge in [-0.2, -0.15) is 4.98 Å². The van der Waals surface area contributed by atoms with Crippen LogP contribution < -0.4 is 10.1 Å². The van der Waals surface area contributed by atoms with E-state index in [0.29, 0.717) is 28.3 Å². The molecular formula is C12H11BrClN3O. The number of halogens is 2. The molecule has 1 aromatic heterocycles. The van der Waals surface area contributed by atoms with Crippen molar-refractivity contribution in [3.63, 3.8) is 0 Å². The molecule has 0 saturated carbocycles. The Kier molecular flexibility index (Phi) is 4.04. The van der Waals surface area contributed by atoms with Crippen molar-refractivity contribution >= 4 is 33.3 Å². The standard InChI is InChI=1S/C12H11BrClN3O/c1-7-16-11(15-2)6-12(17-7)18-10-4-3-8(14)5-9(10)13/h3-6H,1-2H3,(H,15,16,17). The molecule has 0 fully saturated rings. The number of aryl methyl sites for hydroxylation is 1. The second-order valence-corrected chi connectivity index (χ2v) is 4.86. The summed E-state index contributed by atoms with van der Waals surface area (Å²) in [6.07, 6.45) is 0. The van der Waals surface area contributed by atoms with E-state index in [1.165, 1.54) is 0 Å². The Balaban J connectivity index is 2.30. The summed E-state index contributed by atoms with van der Waals surface area (Å²) in [6.45, 7) is 1.81. The fourth-order valence-corrected chi connectivity index (χ4v) is 2.15. The topological polar surface area (TPSA) is 47.0 Å². The van der Waals surface area contributed by atoms with Crippen LogP contribution in [0.4, 0.5) is 5.82 Å². The van der Waals surface area contributed by atoms with Crippen molar-refractivity contribution in [2.75, 3.05) is 12.4 Å². The van der Waals surface area contributed by atoms with Crippen LogP contribution in [0.2, 0.25) is 5.02 Å². The van der Waals surface area contributed by atoms with Gasteiger partial charge in [0.2, 0.25) is 5.88 Å². The third kappa shape index (κ3) is 3.11. The quantitative estimate of drug-likeness (QED) is 0.924. The molecule has 1 heterocycles. The van der Waals surface area contributed by atoms with E-state index in [-0.39, 0.29) is 0 Å². The lowest BCUT2D eigenvalue weighted by Crippen LogP contribution is -1.98. The Bertz CT molecular complexity index is 577. The SMILES string of the molecule is CNc1cc(Oc2ccc(Cl)cc2Br)nc(C)n1. The molecule has 0 saturated heterocycles. The van der Waals surface area contributed by atoms with Crippen LogP contribution >= 0.6 is 27.5 Å². The van der Waals surface area contributed by atoms with E-state index in [0.717, 1.165) is 4.47 Å². The Labute approximate surface area is 118 Å². The van der Waals surface area contributed by atoms with Gasteiger partial charge in [-0.1, -0.05) is 11.6 Å². The molecule has 0 aliphatic rings. The zero-order valence-corrected chi connectivity index (χ0v) is 12.2. The molecule has 0 aliphatic heterocycles. The number of ether oxygens (including phenoxy) is 1. The van der Waals surface area contributed by atoms with Gasteiger partial charge in [0, 0.05) is 18.1 Å². The summed E-state index contributed by atoms with van der Waals surface area (Å²) in [5.74, 6) is 2.49. The lowest BCUT2D eigenvalue weighted by molar-refractivity contribution is 0.457.